The van der Waals surface area contributed by atoms with Gasteiger partial charge in [-0.2, -0.15) is 0 Å². The molecule has 1 aromatic carbocycles. The lowest BCUT2D eigenvalue weighted by Gasteiger charge is -2.38. The Morgan fingerprint density at radius 2 is 2.00 bits per heavy atom. The molecule has 3 rings (SSSR count). The molecule has 0 spiro atoms. The Bertz CT molecular complexity index is 703. The first-order chi connectivity index (χ1) is 11.6. The molecule has 0 radical (unpaired) electrons. The summed E-state index contributed by atoms with van der Waals surface area (Å²) in [6, 6.07) is 9.90. The van der Waals surface area contributed by atoms with Gasteiger partial charge in [-0.25, -0.2) is 4.68 Å². The minimum absolute atomic E-state index is 0.527. The van der Waals surface area contributed by atoms with E-state index in [2.05, 4.69) is 21.8 Å². The highest BCUT2D eigenvalue weighted by Crippen LogP contribution is 2.36. The first kappa shape index (κ1) is 16.4. The van der Waals surface area contributed by atoms with Gasteiger partial charge in [-0.3, -0.25) is 9.69 Å². The number of rotatable bonds is 6. The number of benzene rings is 1. The number of carbonyl (C=O) groups is 1. The molecule has 1 saturated heterocycles. The van der Waals surface area contributed by atoms with E-state index in [-0.39, 0.29) is 0 Å². The van der Waals surface area contributed by atoms with E-state index < -0.39 is 11.4 Å². The van der Waals surface area contributed by atoms with Gasteiger partial charge >= 0.3 is 5.97 Å². The predicted molar refractivity (Wildman–Crippen MR) is 90.8 cm³/mol. The normalized spacial score (nSPS) is 17.5. The largest absolute Gasteiger partial charge is 0.481 e. The van der Waals surface area contributed by atoms with Gasteiger partial charge in [0.25, 0.3) is 0 Å². The van der Waals surface area contributed by atoms with E-state index in [4.69, 9.17) is 0 Å². The molecule has 6 nitrogen and oxygen atoms in total. The van der Waals surface area contributed by atoms with Crippen LogP contribution in [0.2, 0.25) is 0 Å². The average molecular weight is 326 g/mol. The zero-order valence-corrected chi connectivity index (χ0v) is 13.6. The van der Waals surface area contributed by atoms with Gasteiger partial charge < -0.3 is 5.11 Å². The SMILES string of the molecule is C=CCC1(C(=O)O)CCN(Cc2cnnn2-c2ccccc2)CC1. The third-order valence-corrected chi connectivity index (χ3v) is 4.81. The number of hydrogen-bond donors (Lipinski definition) is 1. The zero-order chi connectivity index (χ0) is 17.0. The fourth-order valence-electron chi connectivity index (χ4n) is 3.30. The molecule has 0 saturated carbocycles. The van der Waals surface area contributed by atoms with E-state index in [1.54, 1.807) is 12.3 Å². The molecule has 126 valence electrons. The van der Waals surface area contributed by atoms with Gasteiger partial charge in [0.2, 0.25) is 0 Å². The smallest absolute Gasteiger partial charge is 0.310 e. The van der Waals surface area contributed by atoms with Crippen LogP contribution in [-0.4, -0.2) is 44.1 Å². The van der Waals surface area contributed by atoms with E-state index in [9.17, 15) is 9.90 Å². The molecule has 0 atom stereocenters. The van der Waals surface area contributed by atoms with Crippen LogP contribution in [-0.2, 0) is 11.3 Å². The molecule has 0 amide bonds. The molecule has 1 N–H and O–H groups in total. The summed E-state index contributed by atoms with van der Waals surface area (Å²) in [4.78, 5) is 13.9. The van der Waals surface area contributed by atoms with Gasteiger partial charge in [0.1, 0.15) is 0 Å². The maximum absolute atomic E-state index is 11.6. The summed E-state index contributed by atoms with van der Waals surface area (Å²) in [5.41, 5.74) is 1.33. The molecule has 6 heteroatoms. The topological polar surface area (TPSA) is 71.2 Å². The monoisotopic (exact) mass is 326 g/mol. The standard InChI is InChI=1S/C18H22N4O2/c1-2-8-18(17(23)24)9-11-21(12-10-18)14-16-13-19-20-22(16)15-6-4-3-5-7-15/h2-7,13H,1,8-12,14H2,(H,23,24). The molecule has 1 aliphatic heterocycles. The summed E-state index contributed by atoms with van der Waals surface area (Å²) >= 11 is 0. The Kier molecular flexibility index (Phi) is 4.76. The second-order valence-electron chi connectivity index (χ2n) is 6.33. The molecule has 0 bridgehead atoms. The third kappa shape index (κ3) is 3.23. The van der Waals surface area contributed by atoms with E-state index >= 15 is 0 Å². The lowest BCUT2D eigenvalue weighted by atomic mass is 9.75. The van der Waals surface area contributed by atoms with Gasteiger partial charge in [0.05, 0.1) is 23.0 Å². The molecule has 2 aromatic rings. The van der Waals surface area contributed by atoms with Crippen molar-refractivity contribution in [1.29, 1.82) is 0 Å². The molecule has 1 aromatic heterocycles. The molecule has 2 heterocycles. The second-order valence-corrected chi connectivity index (χ2v) is 6.33. The molecule has 24 heavy (non-hydrogen) atoms. The zero-order valence-electron chi connectivity index (χ0n) is 13.6. The first-order valence-electron chi connectivity index (χ1n) is 8.16. The third-order valence-electron chi connectivity index (χ3n) is 4.81. The molecular formula is C18H22N4O2. The Hall–Kier alpha value is -2.47. The fourth-order valence-corrected chi connectivity index (χ4v) is 3.30. The number of piperidine rings is 1. The summed E-state index contributed by atoms with van der Waals surface area (Å²) in [5.74, 6) is -0.710. The highest BCUT2D eigenvalue weighted by atomic mass is 16.4. The van der Waals surface area contributed by atoms with Gasteiger partial charge in [0, 0.05) is 6.54 Å². The van der Waals surface area contributed by atoms with Crippen LogP contribution in [0.25, 0.3) is 5.69 Å². The lowest BCUT2D eigenvalue weighted by Crippen LogP contribution is -2.44. The summed E-state index contributed by atoms with van der Waals surface area (Å²) in [6.07, 6.45) is 5.30. The van der Waals surface area contributed by atoms with Gasteiger partial charge in [-0.05, 0) is 44.5 Å². The van der Waals surface area contributed by atoms with E-state index in [0.29, 0.717) is 25.8 Å². The molecular weight excluding hydrogens is 304 g/mol. The summed E-state index contributed by atoms with van der Waals surface area (Å²) in [7, 11) is 0. The summed E-state index contributed by atoms with van der Waals surface area (Å²) < 4.78 is 1.84. The maximum atomic E-state index is 11.6. The van der Waals surface area contributed by atoms with Crippen LogP contribution >= 0.6 is 0 Å². The number of nitrogens with zero attached hydrogens (tertiary/aromatic N) is 4. The highest BCUT2D eigenvalue weighted by molar-refractivity contribution is 5.75. The number of carboxylic acid groups (broad SMARTS) is 1. The number of likely N-dealkylation sites (tertiary alicyclic amines) is 1. The van der Waals surface area contributed by atoms with Gasteiger partial charge in [-0.1, -0.05) is 29.5 Å². The fraction of sp³-hybridized carbons (Fsp3) is 0.389. The lowest BCUT2D eigenvalue weighted by molar-refractivity contribution is -0.152. The van der Waals surface area contributed by atoms with Crippen molar-refractivity contribution in [3.05, 3.63) is 54.9 Å². The van der Waals surface area contributed by atoms with Crippen LogP contribution in [0, 0.1) is 5.41 Å². The average Bonchev–Trinajstić information content (AvgIpc) is 3.06. The quantitative estimate of drug-likeness (QED) is 0.826. The van der Waals surface area contributed by atoms with Gasteiger partial charge in [-0.15, -0.1) is 11.7 Å². The minimum atomic E-state index is -0.710. The van der Waals surface area contributed by atoms with Crippen LogP contribution < -0.4 is 0 Å². The van der Waals surface area contributed by atoms with Crippen LogP contribution in [0.1, 0.15) is 25.0 Å². The van der Waals surface area contributed by atoms with Gasteiger partial charge in [0.15, 0.2) is 0 Å². The Balaban J connectivity index is 1.68. The maximum Gasteiger partial charge on any atom is 0.310 e. The summed E-state index contributed by atoms with van der Waals surface area (Å²) in [5, 5.41) is 17.8. The Morgan fingerprint density at radius 1 is 1.29 bits per heavy atom. The summed E-state index contributed by atoms with van der Waals surface area (Å²) in [6.45, 7) is 5.92. The number of aromatic nitrogens is 3. The number of allylic oxidation sites excluding steroid dienone is 1. The Morgan fingerprint density at radius 3 is 2.62 bits per heavy atom. The van der Waals surface area contributed by atoms with Crippen molar-refractivity contribution < 1.29 is 9.90 Å². The van der Waals surface area contributed by atoms with Crippen LogP contribution in [0.4, 0.5) is 0 Å². The van der Waals surface area contributed by atoms with E-state index in [0.717, 1.165) is 24.5 Å². The number of para-hydroxylation sites is 1. The van der Waals surface area contributed by atoms with Crippen molar-refractivity contribution in [3.8, 4) is 5.69 Å². The number of hydrogen-bond acceptors (Lipinski definition) is 4. The van der Waals surface area contributed by atoms with Crippen LogP contribution in [0.3, 0.4) is 0 Å². The van der Waals surface area contributed by atoms with Crippen molar-refractivity contribution >= 4 is 5.97 Å². The van der Waals surface area contributed by atoms with Crippen molar-refractivity contribution in [3.63, 3.8) is 0 Å². The van der Waals surface area contributed by atoms with Crippen molar-refractivity contribution in [2.75, 3.05) is 13.1 Å². The second kappa shape index (κ2) is 6.97. The molecule has 0 aliphatic carbocycles. The predicted octanol–water partition coefficient (Wildman–Crippen LogP) is 2.51. The number of aliphatic carboxylic acids is 1. The van der Waals surface area contributed by atoms with Crippen molar-refractivity contribution in [2.45, 2.75) is 25.8 Å². The van der Waals surface area contributed by atoms with E-state index in [1.807, 2.05) is 35.0 Å². The first-order valence-corrected chi connectivity index (χ1v) is 8.16. The van der Waals surface area contributed by atoms with Crippen molar-refractivity contribution in [1.82, 2.24) is 19.9 Å². The minimum Gasteiger partial charge on any atom is -0.481 e. The molecule has 1 aliphatic rings. The van der Waals surface area contributed by atoms with Crippen LogP contribution in [0.5, 0.6) is 0 Å². The number of carboxylic acids is 1. The van der Waals surface area contributed by atoms with Crippen LogP contribution in [0.15, 0.2) is 49.2 Å². The Labute approximate surface area is 141 Å². The molecule has 1 fully saturated rings. The van der Waals surface area contributed by atoms with Crippen molar-refractivity contribution in [2.24, 2.45) is 5.41 Å². The molecule has 0 unspecified atom stereocenters. The van der Waals surface area contributed by atoms with E-state index in [1.165, 1.54) is 0 Å². The highest BCUT2D eigenvalue weighted by Gasteiger charge is 2.40.